The summed E-state index contributed by atoms with van der Waals surface area (Å²) in [6.45, 7) is 5.91. The van der Waals surface area contributed by atoms with Crippen LogP contribution < -0.4 is 0 Å². The lowest BCUT2D eigenvalue weighted by atomic mass is 9.84. The van der Waals surface area contributed by atoms with E-state index in [1.54, 1.807) is 0 Å². The molecule has 76 valence electrons. The van der Waals surface area contributed by atoms with Gasteiger partial charge < -0.3 is 0 Å². The van der Waals surface area contributed by atoms with Gasteiger partial charge in [-0.05, 0) is 35.3 Å². The van der Waals surface area contributed by atoms with E-state index in [4.69, 9.17) is 0 Å². The number of hydrogen-bond donors (Lipinski definition) is 0. The second-order valence-corrected chi connectivity index (χ2v) is 4.42. The standard InChI is InChI=1S/C12H15IO/c1-9(2)11-6-5-10(4-3-7-13)12(14)8-11/h3,5,7,11H,1,4,6,8H2,2H3. The van der Waals surface area contributed by atoms with Crippen LogP contribution >= 0.6 is 22.6 Å². The summed E-state index contributed by atoms with van der Waals surface area (Å²) in [7, 11) is 0. The molecular formula is C12H15IO. The van der Waals surface area contributed by atoms with Crippen LogP contribution in [0.25, 0.3) is 0 Å². The summed E-state index contributed by atoms with van der Waals surface area (Å²) in [5.74, 6) is 0.661. The zero-order valence-corrected chi connectivity index (χ0v) is 10.6. The van der Waals surface area contributed by atoms with Gasteiger partial charge in [0.1, 0.15) is 0 Å². The SMILES string of the molecule is C=C(C)C1CC=C(CC=CI)C(=O)C1. The van der Waals surface area contributed by atoms with Crippen LogP contribution in [0.3, 0.4) is 0 Å². The number of halogens is 1. The van der Waals surface area contributed by atoms with Gasteiger partial charge >= 0.3 is 0 Å². The van der Waals surface area contributed by atoms with Gasteiger partial charge in [-0.25, -0.2) is 0 Å². The lowest BCUT2D eigenvalue weighted by Gasteiger charge is -2.20. The summed E-state index contributed by atoms with van der Waals surface area (Å²) < 4.78 is 1.96. The number of carbonyl (C=O) groups is 1. The zero-order chi connectivity index (χ0) is 10.6. The van der Waals surface area contributed by atoms with Gasteiger partial charge in [0.15, 0.2) is 5.78 Å². The van der Waals surface area contributed by atoms with E-state index >= 15 is 0 Å². The van der Waals surface area contributed by atoms with Crippen LogP contribution in [0.4, 0.5) is 0 Å². The Kier molecular flexibility index (Phi) is 4.58. The molecular weight excluding hydrogens is 287 g/mol. The molecule has 2 heteroatoms. The third kappa shape index (κ3) is 3.08. The highest BCUT2D eigenvalue weighted by Gasteiger charge is 2.20. The molecule has 0 saturated carbocycles. The van der Waals surface area contributed by atoms with Crippen LogP contribution in [0.5, 0.6) is 0 Å². The van der Waals surface area contributed by atoms with E-state index < -0.39 is 0 Å². The van der Waals surface area contributed by atoms with E-state index in [1.165, 1.54) is 0 Å². The molecule has 0 spiro atoms. The Hall–Kier alpha value is -0.380. The highest BCUT2D eigenvalue weighted by atomic mass is 127. The van der Waals surface area contributed by atoms with Crippen molar-refractivity contribution in [3.8, 4) is 0 Å². The minimum absolute atomic E-state index is 0.291. The van der Waals surface area contributed by atoms with Crippen LogP contribution in [-0.4, -0.2) is 5.78 Å². The fourth-order valence-electron chi connectivity index (χ4n) is 1.58. The number of carbonyl (C=O) groups excluding carboxylic acids is 1. The monoisotopic (exact) mass is 302 g/mol. The molecule has 0 aromatic rings. The smallest absolute Gasteiger partial charge is 0.159 e. The summed E-state index contributed by atoms with van der Waals surface area (Å²) in [6, 6.07) is 0. The molecule has 0 saturated heterocycles. The van der Waals surface area contributed by atoms with Crippen molar-refractivity contribution in [3.63, 3.8) is 0 Å². The first-order valence-electron chi connectivity index (χ1n) is 4.78. The van der Waals surface area contributed by atoms with Crippen molar-refractivity contribution in [2.75, 3.05) is 0 Å². The molecule has 0 N–H and O–H groups in total. The Morgan fingerprint density at radius 3 is 3.00 bits per heavy atom. The Morgan fingerprint density at radius 1 is 1.79 bits per heavy atom. The van der Waals surface area contributed by atoms with Crippen LogP contribution in [0.2, 0.25) is 0 Å². The summed E-state index contributed by atoms with van der Waals surface area (Å²) >= 11 is 2.17. The molecule has 1 aliphatic rings. The maximum absolute atomic E-state index is 11.7. The number of rotatable bonds is 3. The van der Waals surface area contributed by atoms with Crippen molar-refractivity contribution >= 4 is 28.4 Å². The summed E-state index contributed by atoms with van der Waals surface area (Å²) in [4.78, 5) is 11.7. The van der Waals surface area contributed by atoms with Crippen molar-refractivity contribution in [2.24, 2.45) is 5.92 Å². The average Bonchev–Trinajstić information content (AvgIpc) is 2.15. The van der Waals surface area contributed by atoms with Gasteiger partial charge in [-0.1, -0.05) is 46.9 Å². The normalized spacial score (nSPS) is 22.6. The lowest BCUT2D eigenvalue weighted by Crippen LogP contribution is -2.15. The molecule has 1 rings (SSSR count). The van der Waals surface area contributed by atoms with Crippen molar-refractivity contribution < 1.29 is 4.79 Å². The highest BCUT2D eigenvalue weighted by molar-refractivity contribution is 14.1. The minimum atomic E-state index is 0.291. The van der Waals surface area contributed by atoms with Crippen LogP contribution in [-0.2, 0) is 4.79 Å². The predicted molar refractivity (Wildman–Crippen MR) is 68.4 cm³/mol. The van der Waals surface area contributed by atoms with E-state index in [0.29, 0.717) is 18.1 Å². The Bertz CT molecular complexity index is 299. The first-order chi connectivity index (χ1) is 6.65. The molecule has 1 aliphatic carbocycles. The van der Waals surface area contributed by atoms with Gasteiger partial charge in [-0.15, -0.1) is 0 Å². The van der Waals surface area contributed by atoms with Gasteiger partial charge in [0.25, 0.3) is 0 Å². The molecule has 1 nitrogen and oxygen atoms in total. The maximum atomic E-state index is 11.7. The molecule has 0 aromatic carbocycles. The summed E-state index contributed by atoms with van der Waals surface area (Å²) in [5.41, 5.74) is 2.09. The minimum Gasteiger partial charge on any atom is -0.295 e. The maximum Gasteiger partial charge on any atom is 0.159 e. The Balaban J connectivity index is 2.64. The van der Waals surface area contributed by atoms with E-state index in [-0.39, 0.29) is 0 Å². The Labute approximate surface area is 99.1 Å². The van der Waals surface area contributed by atoms with Gasteiger partial charge in [-0.2, -0.15) is 0 Å². The number of allylic oxidation sites excluding steroid dienone is 4. The molecule has 0 bridgehead atoms. The van der Waals surface area contributed by atoms with E-state index in [2.05, 4.69) is 35.2 Å². The molecule has 0 fully saturated rings. The highest BCUT2D eigenvalue weighted by Crippen LogP contribution is 2.27. The first-order valence-corrected chi connectivity index (χ1v) is 6.02. The molecule has 0 aliphatic heterocycles. The second kappa shape index (κ2) is 5.49. The van der Waals surface area contributed by atoms with Crippen LogP contribution in [0.1, 0.15) is 26.2 Å². The van der Waals surface area contributed by atoms with Crippen molar-refractivity contribution in [1.82, 2.24) is 0 Å². The van der Waals surface area contributed by atoms with E-state index in [1.807, 2.05) is 17.1 Å². The van der Waals surface area contributed by atoms with Gasteiger partial charge in [0.05, 0.1) is 0 Å². The lowest BCUT2D eigenvalue weighted by molar-refractivity contribution is -0.116. The predicted octanol–water partition coefficient (Wildman–Crippen LogP) is 3.81. The van der Waals surface area contributed by atoms with E-state index in [9.17, 15) is 4.79 Å². The fraction of sp³-hybridized carbons (Fsp3) is 0.417. The second-order valence-electron chi connectivity index (χ2n) is 3.70. The molecule has 1 atom stereocenters. The zero-order valence-electron chi connectivity index (χ0n) is 8.42. The van der Waals surface area contributed by atoms with Crippen LogP contribution in [0, 0.1) is 5.92 Å². The average molecular weight is 302 g/mol. The number of hydrogen-bond acceptors (Lipinski definition) is 1. The van der Waals surface area contributed by atoms with Crippen LogP contribution in [0.15, 0.2) is 34.0 Å². The largest absolute Gasteiger partial charge is 0.295 e. The molecule has 0 heterocycles. The fourth-order valence-corrected chi connectivity index (χ4v) is 1.83. The summed E-state index contributed by atoms with van der Waals surface area (Å²) in [5, 5.41) is 0. The third-order valence-electron chi connectivity index (χ3n) is 2.56. The molecule has 0 amide bonds. The molecule has 14 heavy (non-hydrogen) atoms. The van der Waals surface area contributed by atoms with Crippen molar-refractivity contribution in [2.45, 2.75) is 26.2 Å². The third-order valence-corrected chi connectivity index (χ3v) is 3.07. The van der Waals surface area contributed by atoms with Gasteiger partial charge in [-0.3, -0.25) is 4.79 Å². The van der Waals surface area contributed by atoms with E-state index in [0.717, 1.165) is 24.0 Å². The summed E-state index contributed by atoms with van der Waals surface area (Å²) in [6.07, 6.45) is 6.50. The number of Topliss-reactive ketones (excluding diaryl/α,β-unsaturated/α-hetero) is 1. The van der Waals surface area contributed by atoms with Crippen molar-refractivity contribution in [1.29, 1.82) is 0 Å². The number of ketones is 1. The Morgan fingerprint density at radius 2 is 2.50 bits per heavy atom. The first kappa shape index (κ1) is 11.7. The molecule has 0 radical (unpaired) electrons. The van der Waals surface area contributed by atoms with Gasteiger partial charge in [0.2, 0.25) is 0 Å². The molecule has 0 aromatic heterocycles. The van der Waals surface area contributed by atoms with Crippen molar-refractivity contribution in [3.05, 3.63) is 34.0 Å². The molecule has 1 unspecified atom stereocenters. The van der Waals surface area contributed by atoms with Gasteiger partial charge in [0, 0.05) is 6.42 Å². The topological polar surface area (TPSA) is 17.1 Å². The quantitative estimate of drug-likeness (QED) is 0.572.